The second-order valence-corrected chi connectivity index (χ2v) is 2.05. The van der Waals surface area contributed by atoms with Crippen LogP contribution in [-0.4, -0.2) is 19.6 Å². The average molecular weight is 134 g/mol. The van der Waals surface area contributed by atoms with Crippen molar-refractivity contribution in [3.05, 3.63) is 24.3 Å². The second kappa shape index (κ2) is 1.76. The van der Waals surface area contributed by atoms with Crippen LogP contribution < -0.4 is 0 Å². The van der Waals surface area contributed by atoms with Gasteiger partial charge in [-0.25, -0.2) is 14.5 Å². The van der Waals surface area contributed by atoms with Crippen molar-refractivity contribution in [2.45, 2.75) is 6.92 Å². The summed E-state index contributed by atoms with van der Waals surface area (Å²) in [6, 6.07) is 0. The smallest absolute Gasteiger partial charge is 0.218 e. The molecular formula is C6H6N4. The first-order valence-electron chi connectivity index (χ1n) is 2.99. The van der Waals surface area contributed by atoms with E-state index < -0.39 is 0 Å². The molecule has 4 heteroatoms. The van der Waals surface area contributed by atoms with Crippen LogP contribution in [-0.2, 0) is 0 Å². The molecule has 2 aromatic rings. The number of aryl methyl sites for hydroxylation is 1. The number of hydrogen-bond donors (Lipinski definition) is 0. The molecule has 0 amide bonds. The fourth-order valence-corrected chi connectivity index (χ4v) is 0.845. The Kier molecular flexibility index (Phi) is 0.943. The number of nitrogens with zero attached hydrogens (tertiary/aromatic N) is 4. The normalized spacial score (nSPS) is 10.5. The van der Waals surface area contributed by atoms with E-state index in [4.69, 9.17) is 0 Å². The molecule has 0 radical (unpaired) electrons. The zero-order valence-electron chi connectivity index (χ0n) is 5.52. The van der Waals surface area contributed by atoms with E-state index in [1.807, 2.05) is 6.92 Å². The predicted octanol–water partition coefficient (Wildman–Crippen LogP) is 0.433. The van der Waals surface area contributed by atoms with Crippen molar-refractivity contribution in [3.8, 4) is 0 Å². The lowest BCUT2D eigenvalue weighted by Crippen LogP contribution is -1.93. The molecule has 0 fully saturated rings. The molecule has 0 N–H and O–H groups in total. The van der Waals surface area contributed by atoms with Gasteiger partial charge < -0.3 is 0 Å². The summed E-state index contributed by atoms with van der Waals surface area (Å²) in [4.78, 5) is 8.00. The third kappa shape index (κ3) is 0.586. The number of rotatable bonds is 0. The Morgan fingerprint density at radius 3 is 3.00 bits per heavy atom. The molecule has 4 nitrogen and oxygen atoms in total. The van der Waals surface area contributed by atoms with Crippen LogP contribution >= 0.6 is 0 Å². The van der Waals surface area contributed by atoms with Crippen molar-refractivity contribution in [1.82, 2.24) is 19.6 Å². The van der Waals surface area contributed by atoms with Crippen LogP contribution in [0.1, 0.15) is 5.69 Å². The van der Waals surface area contributed by atoms with Crippen LogP contribution in [0.2, 0.25) is 0 Å². The summed E-state index contributed by atoms with van der Waals surface area (Å²) < 4.78 is 1.69. The van der Waals surface area contributed by atoms with Gasteiger partial charge in [-0.15, -0.1) is 0 Å². The largest absolute Gasteiger partial charge is 0.250 e. The van der Waals surface area contributed by atoms with Gasteiger partial charge in [0.15, 0.2) is 0 Å². The lowest BCUT2D eigenvalue weighted by molar-refractivity contribution is 0.872. The van der Waals surface area contributed by atoms with E-state index in [0.29, 0.717) is 5.78 Å². The second-order valence-electron chi connectivity index (χ2n) is 2.05. The van der Waals surface area contributed by atoms with Crippen LogP contribution in [0, 0.1) is 6.92 Å². The minimum Gasteiger partial charge on any atom is -0.218 e. The predicted molar refractivity (Wildman–Crippen MR) is 35.5 cm³/mol. The average Bonchev–Trinajstić information content (AvgIpc) is 2.34. The third-order valence-electron chi connectivity index (χ3n) is 1.33. The van der Waals surface area contributed by atoms with Gasteiger partial charge in [0.1, 0.15) is 0 Å². The van der Waals surface area contributed by atoms with Gasteiger partial charge in [-0.1, -0.05) is 0 Å². The Hall–Kier alpha value is -1.45. The summed E-state index contributed by atoms with van der Waals surface area (Å²) in [6.45, 7) is 1.94. The van der Waals surface area contributed by atoms with E-state index in [1.165, 1.54) is 0 Å². The minimum atomic E-state index is 0.653. The molecule has 2 aromatic heterocycles. The maximum atomic E-state index is 4.03. The van der Waals surface area contributed by atoms with E-state index in [9.17, 15) is 0 Å². The summed E-state index contributed by atoms with van der Waals surface area (Å²) in [5, 5.41) is 4.03. The van der Waals surface area contributed by atoms with Crippen LogP contribution in [0.4, 0.5) is 0 Å². The molecule has 0 spiro atoms. The van der Waals surface area contributed by atoms with Crippen molar-refractivity contribution < 1.29 is 0 Å². The molecule has 0 saturated carbocycles. The Bertz CT molecular complexity index is 351. The highest BCUT2D eigenvalue weighted by Gasteiger charge is 1.96. The fourth-order valence-electron chi connectivity index (χ4n) is 0.845. The standard InChI is InChI=1S/C6H6N4/c1-5-4-8-6-7-2-3-9-10(5)6/h2-4H,1H3. The maximum absolute atomic E-state index is 4.03. The molecule has 50 valence electrons. The monoisotopic (exact) mass is 134 g/mol. The van der Waals surface area contributed by atoms with Crippen LogP contribution in [0.5, 0.6) is 0 Å². The molecule has 0 bridgehead atoms. The lowest BCUT2D eigenvalue weighted by Gasteiger charge is -1.89. The van der Waals surface area contributed by atoms with Gasteiger partial charge in [0.2, 0.25) is 0 Å². The van der Waals surface area contributed by atoms with Gasteiger partial charge in [-0.3, -0.25) is 0 Å². The Morgan fingerprint density at radius 1 is 1.30 bits per heavy atom. The van der Waals surface area contributed by atoms with Crippen molar-refractivity contribution in [2.24, 2.45) is 0 Å². The quantitative estimate of drug-likeness (QED) is 0.524. The zero-order chi connectivity index (χ0) is 6.97. The van der Waals surface area contributed by atoms with Crippen LogP contribution in [0.15, 0.2) is 18.6 Å². The van der Waals surface area contributed by atoms with Crippen molar-refractivity contribution >= 4 is 5.78 Å². The molecular weight excluding hydrogens is 128 g/mol. The molecule has 2 heterocycles. The van der Waals surface area contributed by atoms with E-state index in [1.54, 1.807) is 23.1 Å². The molecule has 0 aromatic carbocycles. The minimum absolute atomic E-state index is 0.653. The molecule has 0 unspecified atom stereocenters. The highest BCUT2D eigenvalue weighted by atomic mass is 15.3. The Morgan fingerprint density at radius 2 is 2.20 bits per heavy atom. The summed E-state index contributed by atoms with van der Waals surface area (Å²) in [5.41, 5.74) is 1.00. The van der Waals surface area contributed by atoms with Gasteiger partial charge in [-0.05, 0) is 6.92 Å². The third-order valence-corrected chi connectivity index (χ3v) is 1.33. The number of imidazole rings is 1. The molecule has 0 saturated heterocycles. The van der Waals surface area contributed by atoms with E-state index in [-0.39, 0.29) is 0 Å². The summed E-state index contributed by atoms with van der Waals surface area (Å²) in [5.74, 6) is 0.653. The van der Waals surface area contributed by atoms with Gasteiger partial charge >= 0.3 is 0 Å². The Labute approximate surface area is 57.5 Å². The SMILES string of the molecule is Cc1cnc2nccnn12. The highest BCUT2D eigenvalue weighted by molar-refractivity contribution is 5.26. The van der Waals surface area contributed by atoms with Crippen molar-refractivity contribution in [1.29, 1.82) is 0 Å². The number of fused-ring (bicyclic) bond motifs is 1. The number of aromatic nitrogens is 4. The lowest BCUT2D eigenvalue weighted by atomic mass is 10.6. The van der Waals surface area contributed by atoms with E-state index in [0.717, 1.165) is 5.69 Å². The first kappa shape index (κ1) is 5.34. The van der Waals surface area contributed by atoms with E-state index >= 15 is 0 Å². The Balaban J connectivity index is 2.93. The summed E-state index contributed by atoms with van der Waals surface area (Å²) in [6.07, 6.45) is 5.01. The molecule has 0 aliphatic rings. The van der Waals surface area contributed by atoms with Gasteiger partial charge in [0.05, 0.1) is 24.3 Å². The topological polar surface area (TPSA) is 43.1 Å². The van der Waals surface area contributed by atoms with Crippen LogP contribution in [0.3, 0.4) is 0 Å². The van der Waals surface area contributed by atoms with Crippen molar-refractivity contribution in [3.63, 3.8) is 0 Å². The molecule has 2 rings (SSSR count). The molecule has 0 aliphatic heterocycles. The van der Waals surface area contributed by atoms with Gasteiger partial charge in [0, 0.05) is 0 Å². The zero-order valence-corrected chi connectivity index (χ0v) is 5.52. The van der Waals surface area contributed by atoms with Gasteiger partial charge in [-0.2, -0.15) is 5.10 Å². The number of hydrogen-bond acceptors (Lipinski definition) is 3. The van der Waals surface area contributed by atoms with Crippen molar-refractivity contribution in [2.75, 3.05) is 0 Å². The molecule has 10 heavy (non-hydrogen) atoms. The van der Waals surface area contributed by atoms with Crippen LogP contribution in [0.25, 0.3) is 5.78 Å². The molecule has 0 aliphatic carbocycles. The fraction of sp³-hybridized carbons (Fsp3) is 0.167. The summed E-state index contributed by atoms with van der Waals surface area (Å²) in [7, 11) is 0. The van der Waals surface area contributed by atoms with Gasteiger partial charge in [0.25, 0.3) is 5.78 Å². The first-order valence-corrected chi connectivity index (χ1v) is 2.99. The highest BCUT2D eigenvalue weighted by Crippen LogP contribution is 1.96. The maximum Gasteiger partial charge on any atom is 0.250 e. The first-order chi connectivity index (χ1) is 4.88. The van der Waals surface area contributed by atoms with E-state index in [2.05, 4.69) is 15.1 Å². The summed E-state index contributed by atoms with van der Waals surface area (Å²) >= 11 is 0. The molecule has 0 atom stereocenters.